The number of alkyl halides is 1. The van der Waals surface area contributed by atoms with Crippen LogP contribution in [0.1, 0.15) is 36.0 Å². The van der Waals surface area contributed by atoms with E-state index >= 15 is 0 Å². The maximum absolute atomic E-state index is 12.1. The van der Waals surface area contributed by atoms with Crippen molar-refractivity contribution in [2.24, 2.45) is 5.92 Å². The molecule has 0 spiro atoms. The van der Waals surface area contributed by atoms with E-state index in [2.05, 4.69) is 37.2 Å². The molecule has 1 fully saturated rings. The lowest BCUT2D eigenvalue weighted by Crippen LogP contribution is -2.32. The second kappa shape index (κ2) is 7.09. The van der Waals surface area contributed by atoms with Crippen molar-refractivity contribution < 1.29 is 4.79 Å². The molecule has 0 aromatic heterocycles. The molecule has 19 heavy (non-hydrogen) atoms. The zero-order valence-electron chi connectivity index (χ0n) is 10.5. The first kappa shape index (κ1) is 15.3. The SMILES string of the molecule is O=C(NCC1CCCC(Cl)C1)c1ccc(Br)cc1Br. The van der Waals surface area contributed by atoms with Gasteiger partial charge in [0.15, 0.2) is 0 Å². The molecule has 1 aliphatic rings. The Morgan fingerprint density at radius 1 is 1.37 bits per heavy atom. The smallest absolute Gasteiger partial charge is 0.252 e. The fourth-order valence-electron chi connectivity index (χ4n) is 2.42. The second-order valence-electron chi connectivity index (χ2n) is 4.96. The molecule has 1 aliphatic carbocycles. The highest BCUT2D eigenvalue weighted by atomic mass is 79.9. The zero-order chi connectivity index (χ0) is 13.8. The first-order valence-corrected chi connectivity index (χ1v) is 8.46. The van der Waals surface area contributed by atoms with E-state index in [1.165, 1.54) is 0 Å². The van der Waals surface area contributed by atoms with Gasteiger partial charge < -0.3 is 5.32 Å². The van der Waals surface area contributed by atoms with Gasteiger partial charge in [0.05, 0.1) is 5.56 Å². The van der Waals surface area contributed by atoms with Crippen molar-refractivity contribution in [1.29, 1.82) is 0 Å². The van der Waals surface area contributed by atoms with Crippen LogP contribution in [0.5, 0.6) is 0 Å². The Balaban J connectivity index is 1.90. The molecule has 2 unspecified atom stereocenters. The van der Waals surface area contributed by atoms with Crippen molar-refractivity contribution in [3.05, 3.63) is 32.7 Å². The van der Waals surface area contributed by atoms with Crippen molar-refractivity contribution in [2.75, 3.05) is 6.54 Å². The van der Waals surface area contributed by atoms with Crippen molar-refractivity contribution >= 4 is 49.4 Å². The van der Waals surface area contributed by atoms with Crippen molar-refractivity contribution in [3.63, 3.8) is 0 Å². The van der Waals surface area contributed by atoms with E-state index in [4.69, 9.17) is 11.6 Å². The average molecular weight is 410 g/mol. The van der Waals surface area contributed by atoms with Crippen LogP contribution >= 0.6 is 43.5 Å². The van der Waals surface area contributed by atoms with Gasteiger partial charge in [-0.25, -0.2) is 0 Å². The summed E-state index contributed by atoms with van der Waals surface area (Å²) in [5, 5.41) is 3.28. The molecule has 2 rings (SSSR count). The fourth-order valence-corrected chi connectivity index (χ4v) is 4.05. The first-order valence-electron chi connectivity index (χ1n) is 6.43. The molecule has 2 atom stereocenters. The number of carbonyl (C=O) groups is 1. The van der Waals surface area contributed by atoms with E-state index in [0.29, 0.717) is 18.0 Å². The third kappa shape index (κ3) is 4.47. The predicted molar refractivity (Wildman–Crippen MR) is 85.8 cm³/mol. The third-order valence-electron chi connectivity index (χ3n) is 3.45. The summed E-state index contributed by atoms with van der Waals surface area (Å²) < 4.78 is 1.76. The van der Waals surface area contributed by atoms with Crippen LogP contribution in [0.3, 0.4) is 0 Å². The molecule has 1 aromatic carbocycles. The van der Waals surface area contributed by atoms with E-state index in [9.17, 15) is 4.79 Å². The molecule has 0 radical (unpaired) electrons. The zero-order valence-corrected chi connectivity index (χ0v) is 14.4. The Morgan fingerprint density at radius 2 is 2.16 bits per heavy atom. The predicted octanol–water partition coefficient (Wildman–Crippen LogP) is 4.74. The maximum Gasteiger partial charge on any atom is 0.252 e. The lowest BCUT2D eigenvalue weighted by Gasteiger charge is -2.25. The van der Waals surface area contributed by atoms with Crippen LogP contribution < -0.4 is 5.32 Å². The molecule has 5 heteroatoms. The van der Waals surface area contributed by atoms with Crippen LogP contribution in [-0.2, 0) is 0 Å². The van der Waals surface area contributed by atoms with Crippen molar-refractivity contribution in [1.82, 2.24) is 5.32 Å². The molecule has 0 saturated heterocycles. The Hall–Kier alpha value is -0.0600. The van der Waals surface area contributed by atoms with Gasteiger partial charge in [-0.15, -0.1) is 11.6 Å². The molecule has 0 bridgehead atoms. The highest BCUT2D eigenvalue weighted by Crippen LogP contribution is 2.27. The minimum Gasteiger partial charge on any atom is -0.352 e. The van der Waals surface area contributed by atoms with E-state index in [0.717, 1.165) is 34.6 Å². The summed E-state index contributed by atoms with van der Waals surface area (Å²) in [6.07, 6.45) is 4.43. The van der Waals surface area contributed by atoms with Crippen LogP contribution in [0.4, 0.5) is 0 Å². The van der Waals surface area contributed by atoms with Gasteiger partial charge in [0.1, 0.15) is 0 Å². The molecule has 0 aliphatic heterocycles. The van der Waals surface area contributed by atoms with Crippen LogP contribution in [0.25, 0.3) is 0 Å². The average Bonchev–Trinajstić information content (AvgIpc) is 2.36. The highest BCUT2D eigenvalue weighted by molar-refractivity contribution is 9.11. The number of carbonyl (C=O) groups excluding carboxylic acids is 1. The second-order valence-corrected chi connectivity index (χ2v) is 7.35. The summed E-state index contributed by atoms with van der Waals surface area (Å²) in [4.78, 5) is 12.1. The van der Waals surface area contributed by atoms with Crippen LogP contribution in [0, 0.1) is 5.92 Å². The summed E-state index contributed by atoms with van der Waals surface area (Å²) in [5.74, 6) is 0.477. The molecule has 1 aromatic rings. The number of halogens is 3. The van der Waals surface area contributed by atoms with Crippen molar-refractivity contribution in [3.8, 4) is 0 Å². The largest absolute Gasteiger partial charge is 0.352 e. The van der Waals surface area contributed by atoms with E-state index in [1.54, 1.807) is 0 Å². The number of rotatable bonds is 3. The normalized spacial score (nSPS) is 23.1. The number of hydrogen-bond donors (Lipinski definition) is 1. The molecule has 104 valence electrons. The van der Waals surface area contributed by atoms with Crippen molar-refractivity contribution in [2.45, 2.75) is 31.1 Å². The minimum atomic E-state index is -0.0314. The molecule has 1 amide bonds. The van der Waals surface area contributed by atoms with Crippen LogP contribution in [-0.4, -0.2) is 17.8 Å². The molecule has 2 nitrogen and oxygen atoms in total. The number of amides is 1. The fraction of sp³-hybridized carbons (Fsp3) is 0.500. The highest BCUT2D eigenvalue weighted by Gasteiger charge is 2.21. The first-order chi connectivity index (χ1) is 9.06. The maximum atomic E-state index is 12.1. The van der Waals surface area contributed by atoms with Crippen LogP contribution in [0.2, 0.25) is 0 Å². The Labute approximate surface area is 135 Å². The molecular weight excluding hydrogens is 393 g/mol. The standard InChI is InChI=1S/C14H16Br2ClNO/c15-10-4-5-12(13(16)7-10)14(19)18-8-9-2-1-3-11(17)6-9/h4-5,7,9,11H,1-3,6,8H2,(H,18,19). The van der Waals surface area contributed by atoms with Gasteiger partial charge in [0.25, 0.3) is 5.91 Å². The molecule has 1 N–H and O–H groups in total. The summed E-state index contributed by atoms with van der Waals surface area (Å²) in [7, 11) is 0. The summed E-state index contributed by atoms with van der Waals surface area (Å²) >= 11 is 12.9. The number of nitrogens with one attached hydrogen (secondary N) is 1. The summed E-state index contributed by atoms with van der Waals surface area (Å²) in [5.41, 5.74) is 0.668. The van der Waals surface area contributed by atoms with Gasteiger partial charge in [0, 0.05) is 20.9 Å². The van der Waals surface area contributed by atoms with E-state index < -0.39 is 0 Å². The molecule has 1 saturated carbocycles. The Bertz CT molecular complexity index is 467. The van der Waals surface area contributed by atoms with Gasteiger partial charge in [-0.05, 0) is 59.3 Å². The topological polar surface area (TPSA) is 29.1 Å². The number of hydrogen-bond acceptors (Lipinski definition) is 1. The monoisotopic (exact) mass is 407 g/mol. The summed E-state index contributed by atoms with van der Waals surface area (Å²) in [6, 6.07) is 5.56. The van der Waals surface area contributed by atoms with Gasteiger partial charge in [0.2, 0.25) is 0 Å². The van der Waals surface area contributed by atoms with E-state index in [1.807, 2.05) is 18.2 Å². The summed E-state index contributed by atoms with van der Waals surface area (Å²) in [6.45, 7) is 0.713. The van der Waals surface area contributed by atoms with Crippen LogP contribution in [0.15, 0.2) is 27.1 Å². The van der Waals surface area contributed by atoms with E-state index in [-0.39, 0.29) is 11.3 Å². The quantitative estimate of drug-likeness (QED) is 0.718. The Morgan fingerprint density at radius 3 is 2.84 bits per heavy atom. The minimum absolute atomic E-state index is 0.0314. The van der Waals surface area contributed by atoms with Gasteiger partial charge in [-0.1, -0.05) is 22.4 Å². The number of benzene rings is 1. The Kier molecular flexibility index (Phi) is 5.72. The third-order valence-corrected chi connectivity index (χ3v) is 4.99. The van der Waals surface area contributed by atoms with Gasteiger partial charge in [-0.2, -0.15) is 0 Å². The lowest BCUT2D eigenvalue weighted by atomic mass is 9.89. The van der Waals surface area contributed by atoms with Gasteiger partial charge in [-0.3, -0.25) is 4.79 Å². The lowest BCUT2D eigenvalue weighted by molar-refractivity contribution is 0.0943. The van der Waals surface area contributed by atoms with Gasteiger partial charge >= 0.3 is 0 Å². The molecular formula is C14H16Br2ClNO. The molecule has 0 heterocycles.